The Bertz CT molecular complexity index is 1240. The van der Waals surface area contributed by atoms with Crippen LogP contribution in [0.5, 0.6) is 11.5 Å². The van der Waals surface area contributed by atoms with Crippen LogP contribution >= 0.6 is 0 Å². The lowest BCUT2D eigenvalue weighted by molar-refractivity contribution is -0.258. The highest BCUT2D eigenvalue weighted by atomic mass is 19.4. The number of aliphatic hydroxyl groups is 1. The van der Waals surface area contributed by atoms with Gasteiger partial charge in [-0.25, -0.2) is 0 Å². The molecule has 5 nitrogen and oxygen atoms in total. The van der Waals surface area contributed by atoms with Gasteiger partial charge < -0.3 is 19.5 Å². The zero-order valence-corrected chi connectivity index (χ0v) is 21.0. The third-order valence-electron chi connectivity index (χ3n) is 6.89. The van der Waals surface area contributed by atoms with Gasteiger partial charge in [-0.15, -0.1) is 0 Å². The molecule has 1 unspecified atom stereocenters. The molecule has 37 heavy (non-hydrogen) atoms. The summed E-state index contributed by atoms with van der Waals surface area (Å²) in [5.41, 5.74) is -1.38. The lowest BCUT2D eigenvalue weighted by atomic mass is 9.91. The average molecular weight is 514 g/mol. The number of rotatable bonds is 6. The van der Waals surface area contributed by atoms with Gasteiger partial charge in [0.1, 0.15) is 17.6 Å². The number of aryl methyl sites for hydroxylation is 1. The molecule has 1 aliphatic rings. The zero-order chi connectivity index (χ0) is 26.8. The first kappa shape index (κ1) is 26.5. The molecule has 196 valence electrons. The molecule has 1 amide bonds. The summed E-state index contributed by atoms with van der Waals surface area (Å²) >= 11 is 0. The van der Waals surface area contributed by atoms with E-state index < -0.39 is 23.8 Å². The van der Waals surface area contributed by atoms with Gasteiger partial charge in [0.25, 0.3) is 0 Å². The standard InChI is InChI=1S/C29H30F3NO4/c1-19(20-8-5-4-6-9-20)27(34)33-18-25(37-24-11-7-10-23(17-24)36-3)14-12-21-16-22(13-15-26(21)33)28(2,35)29(30,31)32/h4-11,13,15-17,19,25,35H,12,14,18H2,1-3H3/t19-,25-,28?/m0/s1. The van der Waals surface area contributed by atoms with E-state index in [2.05, 4.69) is 0 Å². The van der Waals surface area contributed by atoms with Crippen LogP contribution in [-0.2, 0) is 16.8 Å². The van der Waals surface area contributed by atoms with Crippen molar-refractivity contribution in [3.8, 4) is 11.5 Å². The first-order chi connectivity index (χ1) is 17.5. The predicted molar refractivity (Wildman–Crippen MR) is 135 cm³/mol. The number of hydrogen-bond acceptors (Lipinski definition) is 4. The quantitative estimate of drug-likeness (QED) is 0.440. The molecule has 1 heterocycles. The molecule has 3 atom stereocenters. The fourth-order valence-corrected chi connectivity index (χ4v) is 4.52. The summed E-state index contributed by atoms with van der Waals surface area (Å²) in [6.45, 7) is 2.76. The SMILES string of the molecule is COc1cccc(O[C@H]2CCc3cc(C(C)(O)C(F)(F)F)ccc3N(C(=O)[C@@H](C)c3ccccc3)C2)c1. The second kappa shape index (κ2) is 10.5. The van der Waals surface area contributed by atoms with E-state index in [0.717, 1.165) is 12.5 Å². The first-order valence-electron chi connectivity index (χ1n) is 12.1. The van der Waals surface area contributed by atoms with Gasteiger partial charge in [0.05, 0.1) is 19.6 Å². The number of alkyl halides is 3. The van der Waals surface area contributed by atoms with Crippen LogP contribution in [0.3, 0.4) is 0 Å². The molecule has 0 aliphatic carbocycles. The normalized spacial score (nSPS) is 18.2. The van der Waals surface area contributed by atoms with Crippen LogP contribution in [-0.4, -0.2) is 36.9 Å². The summed E-state index contributed by atoms with van der Waals surface area (Å²) in [6.07, 6.45) is -4.43. The Kier molecular flexibility index (Phi) is 7.50. The van der Waals surface area contributed by atoms with Gasteiger partial charge in [-0.2, -0.15) is 13.2 Å². The van der Waals surface area contributed by atoms with E-state index in [1.807, 2.05) is 37.3 Å². The van der Waals surface area contributed by atoms with E-state index in [-0.39, 0.29) is 18.0 Å². The first-order valence-corrected chi connectivity index (χ1v) is 12.1. The second-order valence-electron chi connectivity index (χ2n) is 9.45. The fourth-order valence-electron chi connectivity index (χ4n) is 4.52. The minimum Gasteiger partial charge on any atom is -0.497 e. The number of carbonyl (C=O) groups is 1. The lowest BCUT2D eigenvalue weighted by Gasteiger charge is -2.31. The molecular weight excluding hydrogens is 483 g/mol. The van der Waals surface area contributed by atoms with Crippen LogP contribution in [0.2, 0.25) is 0 Å². The van der Waals surface area contributed by atoms with Crippen molar-refractivity contribution in [2.45, 2.75) is 50.5 Å². The maximum absolute atomic E-state index is 13.8. The maximum atomic E-state index is 13.8. The van der Waals surface area contributed by atoms with Crippen molar-refractivity contribution < 1.29 is 32.5 Å². The molecule has 0 aromatic heterocycles. The van der Waals surface area contributed by atoms with Crippen molar-refractivity contribution in [2.24, 2.45) is 0 Å². The molecule has 3 aromatic carbocycles. The van der Waals surface area contributed by atoms with Gasteiger partial charge in [0.2, 0.25) is 5.91 Å². The molecule has 0 saturated carbocycles. The molecule has 0 saturated heterocycles. The van der Waals surface area contributed by atoms with E-state index in [1.165, 1.54) is 18.2 Å². The highest BCUT2D eigenvalue weighted by Gasteiger charge is 2.51. The van der Waals surface area contributed by atoms with E-state index in [1.54, 1.807) is 36.3 Å². The van der Waals surface area contributed by atoms with Crippen LogP contribution in [0.4, 0.5) is 18.9 Å². The molecular formula is C29H30F3NO4. The summed E-state index contributed by atoms with van der Waals surface area (Å²) < 4.78 is 52.1. The Labute approximate surface area is 214 Å². The molecule has 8 heteroatoms. The highest BCUT2D eigenvalue weighted by Crippen LogP contribution is 2.41. The number of halogens is 3. The average Bonchev–Trinajstić information content (AvgIpc) is 3.07. The fraction of sp³-hybridized carbons (Fsp3) is 0.345. The molecule has 4 rings (SSSR count). The summed E-state index contributed by atoms with van der Waals surface area (Å²) in [5.74, 6) is 0.519. The Balaban J connectivity index is 1.71. The summed E-state index contributed by atoms with van der Waals surface area (Å²) in [4.78, 5) is 15.4. The highest BCUT2D eigenvalue weighted by molar-refractivity contribution is 5.98. The molecule has 1 aliphatic heterocycles. The molecule has 1 N–H and O–H groups in total. The van der Waals surface area contributed by atoms with Crippen LogP contribution < -0.4 is 14.4 Å². The summed E-state index contributed by atoms with van der Waals surface area (Å²) in [7, 11) is 1.56. The van der Waals surface area contributed by atoms with Gasteiger partial charge in [-0.05, 0) is 61.6 Å². The Morgan fingerprint density at radius 3 is 2.41 bits per heavy atom. The largest absolute Gasteiger partial charge is 0.497 e. The Hall–Kier alpha value is -3.52. The molecule has 0 spiro atoms. The van der Waals surface area contributed by atoms with E-state index in [9.17, 15) is 23.1 Å². The van der Waals surface area contributed by atoms with E-state index in [4.69, 9.17) is 9.47 Å². The van der Waals surface area contributed by atoms with Crippen molar-refractivity contribution in [2.75, 3.05) is 18.6 Å². The van der Waals surface area contributed by atoms with Gasteiger partial charge in [-0.1, -0.05) is 48.5 Å². The van der Waals surface area contributed by atoms with Crippen LogP contribution in [0, 0.1) is 0 Å². The van der Waals surface area contributed by atoms with Crippen molar-refractivity contribution in [1.29, 1.82) is 0 Å². The molecule has 0 radical (unpaired) electrons. The smallest absolute Gasteiger partial charge is 0.421 e. The van der Waals surface area contributed by atoms with Gasteiger partial charge in [0.15, 0.2) is 5.60 Å². The maximum Gasteiger partial charge on any atom is 0.421 e. The molecule has 0 bridgehead atoms. The number of fused-ring (bicyclic) bond motifs is 1. The van der Waals surface area contributed by atoms with Crippen molar-refractivity contribution in [3.63, 3.8) is 0 Å². The van der Waals surface area contributed by atoms with Crippen molar-refractivity contribution in [1.82, 2.24) is 0 Å². The number of amides is 1. The molecule has 3 aromatic rings. The Morgan fingerprint density at radius 1 is 1.03 bits per heavy atom. The number of benzene rings is 3. The number of anilines is 1. The van der Waals surface area contributed by atoms with Gasteiger partial charge in [-0.3, -0.25) is 4.79 Å². The zero-order valence-electron chi connectivity index (χ0n) is 21.0. The minimum atomic E-state index is -4.85. The second-order valence-corrected chi connectivity index (χ2v) is 9.45. The van der Waals surface area contributed by atoms with Crippen molar-refractivity contribution in [3.05, 3.63) is 89.5 Å². The van der Waals surface area contributed by atoms with E-state index >= 15 is 0 Å². The van der Waals surface area contributed by atoms with Crippen LogP contribution in [0.25, 0.3) is 0 Å². The van der Waals surface area contributed by atoms with Crippen molar-refractivity contribution >= 4 is 11.6 Å². The summed E-state index contributed by atoms with van der Waals surface area (Å²) in [5, 5.41) is 10.3. The Morgan fingerprint density at radius 2 is 1.73 bits per heavy atom. The number of ether oxygens (including phenoxy) is 2. The third-order valence-corrected chi connectivity index (χ3v) is 6.89. The number of methoxy groups -OCH3 is 1. The summed E-state index contributed by atoms with van der Waals surface area (Å²) in [6, 6.07) is 20.5. The van der Waals surface area contributed by atoms with Gasteiger partial charge >= 0.3 is 6.18 Å². The number of carbonyl (C=O) groups excluding carboxylic acids is 1. The molecule has 0 fully saturated rings. The number of hydrogen-bond donors (Lipinski definition) is 1. The minimum absolute atomic E-state index is 0.191. The van der Waals surface area contributed by atoms with Crippen LogP contribution in [0.1, 0.15) is 42.9 Å². The monoisotopic (exact) mass is 513 g/mol. The topological polar surface area (TPSA) is 59.0 Å². The predicted octanol–water partition coefficient (Wildman–Crippen LogP) is 6.00. The lowest BCUT2D eigenvalue weighted by Crippen LogP contribution is -2.41. The van der Waals surface area contributed by atoms with Gasteiger partial charge in [0, 0.05) is 11.8 Å². The van der Waals surface area contributed by atoms with Crippen LogP contribution in [0.15, 0.2) is 72.8 Å². The third kappa shape index (κ3) is 5.59. The van der Waals surface area contributed by atoms with E-state index in [0.29, 0.717) is 35.6 Å². The number of nitrogens with zero attached hydrogens (tertiary/aromatic N) is 1.